The van der Waals surface area contributed by atoms with Crippen LogP contribution in [-0.2, 0) is 6.54 Å². The second kappa shape index (κ2) is 6.81. The van der Waals surface area contributed by atoms with Crippen molar-refractivity contribution in [2.24, 2.45) is 5.92 Å². The highest BCUT2D eigenvalue weighted by atomic mass is 16.4. The number of oxazole rings is 1. The minimum Gasteiger partial charge on any atom is -0.408 e. The molecule has 2 atom stereocenters. The summed E-state index contributed by atoms with van der Waals surface area (Å²) in [5.41, 5.74) is 1.54. The van der Waals surface area contributed by atoms with Gasteiger partial charge in [-0.15, -0.1) is 0 Å². The van der Waals surface area contributed by atoms with E-state index in [1.165, 1.54) is 12.8 Å². The Morgan fingerprint density at radius 2 is 2.00 bits per heavy atom. The highest BCUT2D eigenvalue weighted by Gasteiger charge is 2.35. The van der Waals surface area contributed by atoms with Gasteiger partial charge in [-0.25, -0.2) is 9.78 Å². The van der Waals surface area contributed by atoms with Crippen molar-refractivity contribution in [3.05, 3.63) is 53.4 Å². The molecule has 7 nitrogen and oxygen atoms in total. The van der Waals surface area contributed by atoms with Crippen molar-refractivity contribution in [2.75, 3.05) is 31.1 Å². The molecule has 0 radical (unpaired) electrons. The molecule has 6 rings (SSSR count). The molecule has 0 spiro atoms. The van der Waals surface area contributed by atoms with Crippen LogP contribution in [0.2, 0.25) is 0 Å². The Hall–Kier alpha value is -2.67. The summed E-state index contributed by atoms with van der Waals surface area (Å²) in [4.78, 5) is 25.8. The number of piperidine rings is 1. The van der Waals surface area contributed by atoms with Gasteiger partial charge in [0.1, 0.15) is 5.82 Å². The van der Waals surface area contributed by atoms with E-state index < -0.39 is 0 Å². The maximum Gasteiger partial charge on any atom is 0.419 e. The van der Waals surface area contributed by atoms with Gasteiger partial charge < -0.3 is 9.32 Å². The standard InChI is InChI=1S/C20H23N5O2/c26-20-25(17-3-1-2-4-18(17)27-20)10-9-23-12-15-5-6-16(23)14-24(13-15)19-11-21-7-8-22-19/h1-4,7-8,11,15-16H,5-6,9-10,12-14H2/t15-,16-/m1/s1. The Bertz CT molecular complexity index is 983. The minimum atomic E-state index is -0.266. The van der Waals surface area contributed by atoms with Gasteiger partial charge in [-0.3, -0.25) is 14.5 Å². The quantitative estimate of drug-likeness (QED) is 0.704. The first-order chi connectivity index (χ1) is 13.3. The Morgan fingerprint density at radius 3 is 2.89 bits per heavy atom. The maximum atomic E-state index is 12.2. The van der Waals surface area contributed by atoms with Crippen molar-refractivity contribution in [2.45, 2.75) is 25.4 Å². The van der Waals surface area contributed by atoms with Crippen molar-refractivity contribution < 1.29 is 4.42 Å². The molecule has 0 unspecified atom stereocenters. The molecule has 0 amide bonds. The second-order valence-corrected chi connectivity index (χ2v) is 7.55. The molecule has 0 saturated carbocycles. The van der Waals surface area contributed by atoms with Gasteiger partial charge >= 0.3 is 5.76 Å². The first kappa shape index (κ1) is 16.5. The van der Waals surface area contributed by atoms with Crippen molar-refractivity contribution >= 4 is 16.9 Å². The third kappa shape index (κ3) is 3.12. The van der Waals surface area contributed by atoms with E-state index in [1.54, 1.807) is 17.0 Å². The van der Waals surface area contributed by atoms with Crippen LogP contribution in [0.1, 0.15) is 12.8 Å². The van der Waals surface area contributed by atoms with Crippen LogP contribution in [-0.4, -0.2) is 51.7 Å². The predicted octanol–water partition coefficient (Wildman–Crippen LogP) is 1.99. The average molecular weight is 365 g/mol. The fourth-order valence-electron chi connectivity index (χ4n) is 4.55. The highest BCUT2D eigenvalue weighted by molar-refractivity contribution is 5.72. The van der Waals surface area contributed by atoms with Gasteiger partial charge in [0.05, 0.1) is 11.7 Å². The third-order valence-electron chi connectivity index (χ3n) is 5.89. The summed E-state index contributed by atoms with van der Waals surface area (Å²) in [6, 6.07) is 8.12. The lowest BCUT2D eigenvalue weighted by Gasteiger charge is -2.35. The van der Waals surface area contributed by atoms with E-state index in [2.05, 4.69) is 19.8 Å². The van der Waals surface area contributed by atoms with Crippen molar-refractivity contribution in [3.63, 3.8) is 0 Å². The summed E-state index contributed by atoms with van der Waals surface area (Å²) in [5.74, 6) is 1.33. The molecule has 0 N–H and O–H groups in total. The Morgan fingerprint density at radius 1 is 1.07 bits per heavy atom. The maximum absolute atomic E-state index is 12.2. The predicted molar refractivity (Wildman–Crippen MR) is 103 cm³/mol. The number of hydrogen-bond acceptors (Lipinski definition) is 6. The number of nitrogens with zero attached hydrogens (tertiary/aromatic N) is 5. The zero-order valence-electron chi connectivity index (χ0n) is 15.2. The molecule has 7 heteroatoms. The monoisotopic (exact) mass is 365 g/mol. The number of aromatic nitrogens is 3. The topological polar surface area (TPSA) is 67.4 Å². The van der Waals surface area contributed by atoms with E-state index in [0.29, 0.717) is 24.1 Å². The van der Waals surface area contributed by atoms with E-state index in [-0.39, 0.29) is 5.76 Å². The zero-order chi connectivity index (χ0) is 18.2. The van der Waals surface area contributed by atoms with Gasteiger partial charge in [-0.1, -0.05) is 12.1 Å². The van der Waals surface area contributed by atoms with Gasteiger partial charge in [0.15, 0.2) is 5.58 Å². The Balaban J connectivity index is 1.33. The van der Waals surface area contributed by atoms with Gasteiger partial charge in [-0.2, -0.15) is 0 Å². The molecular formula is C20H23N5O2. The molecule has 1 aromatic carbocycles. The summed E-state index contributed by atoms with van der Waals surface area (Å²) >= 11 is 0. The number of anilines is 1. The Labute approximate surface area is 157 Å². The molecule has 0 aliphatic carbocycles. The number of hydrogen-bond donors (Lipinski definition) is 0. The van der Waals surface area contributed by atoms with E-state index in [9.17, 15) is 4.79 Å². The fraction of sp³-hybridized carbons (Fsp3) is 0.450. The molecule has 27 heavy (non-hydrogen) atoms. The smallest absolute Gasteiger partial charge is 0.408 e. The lowest BCUT2D eigenvalue weighted by molar-refractivity contribution is 0.129. The van der Waals surface area contributed by atoms with E-state index in [4.69, 9.17) is 4.42 Å². The largest absolute Gasteiger partial charge is 0.419 e. The normalized spacial score (nSPS) is 23.0. The van der Waals surface area contributed by atoms with E-state index in [0.717, 1.165) is 37.5 Å². The summed E-state index contributed by atoms with van der Waals surface area (Å²) in [6.45, 7) is 4.59. The molecule has 2 bridgehead atoms. The molecule has 3 aromatic rings. The number of fused-ring (bicyclic) bond motifs is 5. The van der Waals surface area contributed by atoms with Gasteiger partial charge in [-0.05, 0) is 30.9 Å². The second-order valence-electron chi connectivity index (χ2n) is 7.55. The SMILES string of the molecule is O=c1oc2ccccc2n1CCN1C[C@H]2CC[C@@H]1CN(c1cnccn1)C2. The molecular weight excluding hydrogens is 342 g/mol. The van der Waals surface area contributed by atoms with Crippen molar-refractivity contribution in [1.82, 2.24) is 19.4 Å². The van der Waals surface area contributed by atoms with Crippen LogP contribution in [0, 0.1) is 5.92 Å². The van der Waals surface area contributed by atoms with Crippen LogP contribution in [0.5, 0.6) is 0 Å². The van der Waals surface area contributed by atoms with Gasteiger partial charge in [0.2, 0.25) is 0 Å². The van der Waals surface area contributed by atoms with Crippen LogP contribution in [0.3, 0.4) is 0 Å². The molecule has 140 valence electrons. The molecule has 3 fully saturated rings. The molecule has 3 aliphatic heterocycles. The first-order valence-corrected chi connectivity index (χ1v) is 9.61. The molecule has 2 aromatic heterocycles. The summed E-state index contributed by atoms with van der Waals surface area (Å²) in [7, 11) is 0. The van der Waals surface area contributed by atoms with Crippen molar-refractivity contribution in [1.29, 1.82) is 0 Å². The highest BCUT2D eigenvalue weighted by Crippen LogP contribution is 2.29. The van der Waals surface area contributed by atoms with Crippen LogP contribution >= 0.6 is 0 Å². The summed E-state index contributed by atoms with van der Waals surface area (Å²) < 4.78 is 7.12. The third-order valence-corrected chi connectivity index (χ3v) is 5.89. The summed E-state index contributed by atoms with van der Waals surface area (Å²) in [5, 5.41) is 0. The number of rotatable bonds is 4. The molecule has 3 aliphatic rings. The van der Waals surface area contributed by atoms with Crippen molar-refractivity contribution in [3.8, 4) is 0 Å². The first-order valence-electron chi connectivity index (χ1n) is 9.61. The average Bonchev–Trinajstić information content (AvgIpc) is 2.85. The minimum absolute atomic E-state index is 0.266. The lowest BCUT2D eigenvalue weighted by atomic mass is 9.95. The summed E-state index contributed by atoms with van der Waals surface area (Å²) in [6.07, 6.45) is 7.78. The van der Waals surface area contributed by atoms with Crippen LogP contribution in [0.15, 0.2) is 52.1 Å². The molecule has 5 heterocycles. The van der Waals surface area contributed by atoms with Crippen LogP contribution in [0.4, 0.5) is 5.82 Å². The lowest BCUT2D eigenvalue weighted by Crippen LogP contribution is -2.45. The van der Waals surface area contributed by atoms with Crippen LogP contribution < -0.4 is 10.7 Å². The van der Waals surface area contributed by atoms with Gasteiger partial charge in [0, 0.05) is 51.2 Å². The molecule has 3 saturated heterocycles. The van der Waals surface area contributed by atoms with Crippen LogP contribution in [0.25, 0.3) is 11.1 Å². The fourth-order valence-corrected chi connectivity index (χ4v) is 4.55. The zero-order valence-corrected chi connectivity index (χ0v) is 15.2. The number of benzene rings is 1. The van der Waals surface area contributed by atoms with E-state index >= 15 is 0 Å². The number of para-hydroxylation sites is 2. The van der Waals surface area contributed by atoms with E-state index in [1.807, 2.05) is 30.5 Å². The van der Waals surface area contributed by atoms with Gasteiger partial charge in [0.25, 0.3) is 0 Å². The Kier molecular flexibility index (Phi) is 4.16.